The van der Waals surface area contributed by atoms with Crippen molar-refractivity contribution >= 4 is 39.8 Å². The number of ether oxygens (including phenoxy) is 1. The Hall–Kier alpha value is -3.43. The fourth-order valence-electron chi connectivity index (χ4n) is 2.99. The van der Waals surface area contributed by atoms with Crippen molar-refractivity contribution in [1.29, 1.82) is 0 Å². The maximum Gasteiger partial charge on any atom is 0.250 e. The van der Waals surface area contributed by atoms with Crippen LogP contribution in [-0.4, -0.2) is 39.7 Å². The predicted octanol–water partition coefficient (Wildman–Crippen LogP) is 4.95. The average molecular weight is 522 g/mol. The van der Waals surface area contributed by atoms with E-state index in [-0.39, 0.29) is 11.7 Å². The summed E-state index contributed by atoms with van der Waals surface area (Å²) in [5.41, 5.74) is 5.24. The minimum absolute atomic E-state index is 0.140. The van der Waals surface area contributed by atoms with Gasteiger partial charge in [-0.15, -0.1) is 10.2 Å². The number of hydrogen-bond donors (Lipinski definition) is 1. The zero-order valence-corrected chi connectivity index (χ0v) is 20.1. The summed E-state index contributed by atoms with van der Waals surface area (Å²) in [5, 5.41) is 13.4. The zero-order chi connectivity index (χ0) is 23.0. The molecule has 1 heterocycles. The van der Waals surface area contributed by atoms with E-state index in [1.165, 1.54) is 11.8 Å². The Morgan fingerprint density at radius 3 is 2.48 bits per heavy atom. The molecule has 1 aromatic heterocycles. The van der Waals surface area contributed by atoms with Gasteiger partial charge in [-0.05, 0) is 42.0 Å². The van der Waals surface area contributed by atoms with E-state index < -0.39 is 0 Å². The van der Waals surface area contributed by atoms with Crippen molar-refractivity contribution in [3.05, 3.63) is 88.9 Å². The highest BCUT2D eigenvalue weighted by Gasteiger charge is 2.17. The number of thioether (sulfide) groups is 1. The lowest BCUT2D eigenvalue weighted by molar-refractivity contribution is -0.118. The van der Waals surface area contributed by atoms with Crippen LogP contribution in [-0.2, 0) is 4.79 Å². The normalized spacial score (nSPS) is 11.0. The molecule has 7 nitrogen and oxygen atoms in total. The average Bonchev–Trinajstić information content (AvgIpc) is 3.28. The van der Waals surface area contributed by atoms with Crippen molar-refractivity contribution < 1.29 is 9.53 Å². The predicted molar refractivity (Wildman–Crippen MR) is 134 cm³/mol. The van der Waals surface area contributed by atoms with Crippen LogP contribution in [0, 0.1) is 0 Å². The van der Waals surface area contributed by atoms with Crippen molar-refractivity contribution in [1.82, 2.24) is 20.2 Å². The van der Waals surface area contributed by atoms with Crippen LogP contribution in [0.15, 0.2) is 93.6 Å². The van der Waals surface area contributed by atoms with Crippen LogP contribution >= 0.6 is 27.7 Å². The first-order valence-corrected chi connectivity index (χ1v) is 11.8. The SMILES string of the molecule is COc1ccc(-n2c(SCC(=O)N/N=C\c3ccc(Br)cc3)nnc2-c2ccccc2)cc1. The van der Waals surface area contributed by atoms with Crippen molar-refractivity contribution in [2.24, 2.45) is 5.10 Å². The molecule has 1 N–H and O–H groups in total. The van der Waals surface area contributed by atoms with Gasteiger partial charge in [0, 0.05) is 15.7 Å². The summed E-state index contributed by atoms with van der Waals surface area (Å²) < 4.78 is 8.18. The Morgan fingerprint density at radius 1 is 1.06 bits per heavy atom. The molecule has 0 saturated carbocycles. The fourth-order valence-corrected chi connectivity index (χ4v) is 4.00. The molecule has 0 fully saturated rings. The maximum atomic E-state index is 12.3. The number of amides is 1. The molecule has 0 bridgehead atoms. The number of methoxy groups -OCH3 is 1. The lowest BCUT2D eigenvalue weighted by atomic mass is 10.2. The number of nitrogens with zero attached hydrogens (tertiary/aromatic N) is 4. The number of benzene rings is 3. The fraction of sp³-hybridized carbons (Fsp3) is 0.0833. The lowest BCUT2D eigenvalue weighted by Crippen LogP contribution is -2.20. The summed E-state index contributed by atoms with van der Waals surface area (Å²) in [4.78, 5) is 12.3. The van der Waals surface area contributed by atoms with Crippen LogP contribution in [0.1, 0.15) is 5.56 Å². The second-order valence-electron chi connectivity index (χ2n) is 6.84. The summed E-state index contributed by atoms with van der Waals surface area (Å²) in [6.07, 6.45) is 1.60. The molecule has 1 amide bonds. The van der Waals surface area contributed by atoms with Gasteiger partial charge in [0.1, 0.15) is 5.75 Å². The number of nitrogens with one attached hydrogen (secondary N) is 1. The van der Waals surface area contributed by atoms with Crippen molar-refractivity contribution in [2.75, 3.05) is 12.9 Å². The quantitative estimate of drug-likeness (QED) is 0.201. The second-order valence-corrected chi connectivity index (χ2v) is 8.70. The summed E-state index contributed by atoms with van der Waals surface area (Å²) in [6, 6.07) is 25.0. The molecule has 0 aliphatic heterocycles. The third-order valence-electron chi connectivity index (χ3n) is 4.60. The number of carbonyl (C=O) groups excluding carboxylic acids is 1. The molecule has 3 aromatic carbocycles. The van der Waals surface area contributed by atoms with Gasteiger partial charge < -0.3 is 4.74 Å². The third kappa shape index (κ3) is 5.88. The van der Waals surface area contributed by atoms with E-state index in [0.717, 1.165) is 27.0 Å². The Morgan fingerprint density at radius 2 is 1.79 bits per heavy atom. The molecule has 0 aliphatic rings. The highest BCUT2D eigenvalue weighted by molar-refractivity contribution is 9.10. The number of halogens is 1. The van der Waals surface area contributed by atoms with Gasteiger partial charge in [0.2, 0.25) is 0 Å². The molecule has 166 valence electrons. The highest BCUT2D eigenvalue weighted by atomic mass is 79.9. The minimum atomic E-state index is -0.237. The smallest absolute Gasteiger partial charge is 0.250 e. The molecule has 0 spiro atoms. The molecule has 0 saturated heterocycles. The molecular formula is C24H20BrN5O2S. The first kappa shape index (κ1) is 22.8. The van der Waals surface area contributed by atoms with E-state index in [1.54, 1.807) is 13.3 Å². The standard InChI is InChI=1S/C24H20BrN5O2S/c1-32-21-13-11-20(12-14-21)30-23(18-5-3-2-4-6-18)28-29-24(30)33-16-22(31)27-26-15-17-7-9-19(25)10-8-17/h2-15H,16H2,1H3,(H,27,31)/b26-15-. The summed E-state index contributed by atoms with van der Waals surface area (Å²) in [5.74, 6) is 1.35. The molecule has 0 atom stereocenters. The first-order chi connectivity index (χ1) is 16.1. The second kappa shape index (κ2) is 10.9. The van der Waals surface area contributed by atoms with Crippen LogP contribution in [0.3, 0.4) is 0 Å². The van der Waals surface area contributed by atoms with Crippen molar-refractivity contribution in [3.8, 4) is 22.8 Å². The maximum absolute atomic E-state index is 12.3. The zero-order valence-electron chi connectivity index (χ0n) is 17.7. The topological polar surface area (TPSA) is 81.4 Å². The summed E-state index contributed by atoms with van der Waals surface area (Å²) in [7, 11) is 1.63. The monoisotopic (exact) mass is 521 g/mol. The molecular weight excluding hydrogens is 502 g/mol. The lowest BCUT2D eigenvalue weighted by Gasteiger charge is -2.11. The van der Waals surface area contributed by atoms with E-state index in [9.17, 15) is 4.79 Å². The van der Waals surface area contributed by atoms with Crippen LogP contribution in [0.4, 0.5) is 0 Å². The Labute approximate surface area is 204 Å². The van der Waals surface area contributed by atoms with Crippen LogP contribution < -0.4 is 10.2 Å². The Bertz CT molecular complexity index is 1240. The molecule has 0 radical (unpaired) electrons. The van der Waals surface area contributed by atoms with Gasteiger partial charge in [-0.3, -0.25) is 9.36 Å². The van der Waals surface area contributed by atoms with E-state index in [1.807, 2.05) is 83.4 Å². The number of hydrazone groups is 1. The third-order valence-corrected chi connectivity index (χ3v) is 6.06. The van der Waals surface area contributed by atoms with Gasteiger partial charge in [-0.1, -0.05) is 70.2 Å². The summed E-state index contributed by atoms with van der Waals surface area (Å²) in [6.45, 7) is 0. The molecule has 0 aliphatic carbocycles. The molecule has 0 unspecified atom stereocenters. The summed E-state index contributed by atoms with van der Waals surface area (Å²) >= 11 is 4.68. The minimum Gasteiger partial charge on any atom is -0.497 e. The Kier molecular flexibility index (Phi) is 7.54. The van der Waals surface area contributed by atoms with E-state index in [2.05, 4.69) is 36.7 Å². The van der Waals surface area contributed by atoms with Gasteiger partial charge in [0.25, 0.3) is 5.91 Å². The molecule has 4 rings (SSSR count). The van der Waals surface area contributed by atoms with Gasteiger partial charge in [-0.2, -0.15) is 5.10 Å². The van der Waals surface area contributed by atoms with Crippen LogP contribution in [0.2, 0.25) is 0 Å². The van der Waals surface area contributed by atoms with Gasteiger partial charge >= 0.3 is 0 Å². The van der Waals surface area contributed by atoms with Crippen molar-refractivity contribution in [2.45, 2.75) is 5.16 Å². The van der Waals surface area contributed by atoms with Gasteiger partial charge in [-0.25, -0.2) is 5.43 Å². The van der Waals surface area contributed by atoms with Gasteiger partial charge in [0.15, 0.2) is 11.0 Å². The van der Waals surface area contributed by atoms with Crippen LogP contribution in [0.25, 0.3) is 17.1 Å². The van der Waals surface area contributed by atoms with E-state index in [4.69, 9.17) is 4.74 Å². The van der Waals surface area contributed by atoms with E-state index in [0.29, 0.717) is 11.0 Å². The molecule has 4 aromatic rings. The number of carbonyl (C=O) groups is 1. The van der Waals surface area contributed by atoms with Crippen molar-refractivity contribution in [3.63, 3.8) is 0 Å². The highest BCUT2D eigenvalue weighted by Crippen LogP contribution is 2.28. The van der Waals surface area contributed by atoms with E-state index >= 15 is 0 Å². The molecule has 33 heavy (non-hydrogen) atoms. The van der Waals surface area contributed by atoms with Gasteiger partial charge in [0.05, 0.1) is 19.1 Å². The Balaban J connectivity index is 1.50. The first-order valence-electron chi connectivity index (χ1n) is 9.99. The van der Waals surface area contributed by atoms with Crippen LogP contribution in [0.5, 0.6) is 5.75 Å². The number of aromatic nitrogens is 3. The number of hydrogen-bond acceptors (Lipinski definition) is 6. The molecule has 9 heteroatoms. The largest absolute Gasteiger partial charge is 0.497 e. The number of rotatable bonds is 8.